The summed E-state index contributed by atoms with van der Waals surface area (Å²) in [5, 5.41) is 0. The van der Waals surface area contributed by atoms with Gasteiger partial charge in [-0.15, -0.1) is 0 Å². The topological polar surface area (TPSA) is 66.6 Å². The summed E-state index contributed by atoms with van der Waals surface area (Å²) in [4.78, 5) is 4.29. The van der Waals surface area contributed by atoms with Crippen LogP contribution in [0.5, 0.6) is 5.75 Å². The van der Waals surface area contributed by atoms with Gasteiger partial charge in [-0.2, -0.15) is 0 Å². The van der Waals surface area contributed by atoms with Gasteiger partial charge in [-0.05, 0) is 40.7 Å². The van der Waals surface area contributed by atoms with Crippen LogP contribution in [-0.4, -0.2) is 30.4 Å². The first-order valence-electron chi connectivity index (χ1n) is 6.83. The predicted molar refractivity (Wildman–Crippen MR) is 79.1 cm³/mol. The van der Waals surface area contributed by atoms with Crippen molar-refractivity contribution in [2.75, 3.05) is 7.11 Å². The fourth-order valence-electron chi connectivity index (χ4n) is 2.18. The Hall–Kier alpha value is -1.11. The monoisotopic (exact) mass is 278 g/mol. The molecule has 2 heterocycles. The number of ether oxygens (including phenoxy) is 1. The van der Waals surface area contributed by atoms with Crippen LogP contribution in [0.2, 0.25) is 0 Å². The third-order valence-electron chi connectivity index (χ3n) is 4.11. The third kappa shape index (κ3) is 2.43. The van der Waals surface area contributed by atoms with Crippen molar-refractivity contribution >= 4 is 12.6 Å². The predicted octanol–water partition coefficient (Wildman–Crippen LogP) is 1.41. The summed E-state index contributed by atoms with van der Waals surface area (Å²) in [5.41, 5.74) is 6.70. The first kappa shape index (κ1) is 15.3. The molecule has 2 rings (SSSR count). The summed E-state index contributed by atoms with van der Waals surface area (Å²) >= 11 is 0. The zero-order valence-electron chi connectivity index (χ0n) is 13.1. The molecule has 0 spiro atoms. The Kier molecular flexibility index (Phi) is 3.84. The Balaban J connectivity index is 2.43. The maximum absolute atomic E-state index is 6.06. The van der Waals surface area contributed by atoms with Crippen molar-refractivity contribution in [3.63, 3.8) is 0 Å². The molecule has 0 aliphatic carbocycles. The molecule has 1 aliphatic heterocycles. The highest BCUT2D eigenvalue weighted by Crippen LogP contribution is 2.37. The van der Waals surface area contributed by atoms with Gasteiger partial charge in [-0.1, -0.05) is 0 Å². The van der Waals surface area contributed by atoms with Crippen LogP contribution >= 0.6 is 0 Å². The van der Waals surface area contributed by atoms with E-state index >= 15 is 0 Å². The molecule has 5 nitrogen and oxygen atoms in total. The molecule has 6 heteroatoms. The highest BCUT2D eigenvalue weighted by molar-refractivity contribution is 6.63. The SMILES string of the molecule is COc1c(B2OC(C)(C)C(C)(C)O2)ccnc1C(C)N. The number of pyridine rings is 1. The van der Waals surface area contributed by atoms with Gasteiger partial charge in [0, 0.05) is 17.7 Å². The van der Waals surface area contributed by atoms with Crippen LogP contribution in [0.3, 0.4) is 0 Å². The van der Waals surface area contributed by atoms with Crippen molar-refractivity contribution in [2.45, 2.75) is 51.9 Å². The molecule has 0 bridgehead atoms. The second-order valence-electron chi connectivity index (χ2n) is 6.20. The third-order valence-corrected chi connectivity index (χ3v) is 4.11. The molecule has 1 fully saturated rings. The van der Waals surface area contributed by atoms with Crippen LogP contribution in [0, 0.1) is 0 Å². The van der Waals surface area contributed by atoms with Gasteiger partial charge in [0.25, 0.3) is 0 Å². The van der Waals surface area contributed by atoms with Crippen molar-refractivity contribution in [1.82, 2.24) is 4.98 Å². The van der Waals surface area contributed by atoms with E-state index in [1.165, 1.54) is 0 Å². The minimum atomic E-state index is -0.476. The summed E-state index contributed by atoms with van der Waals surface area (Å²) < 4.78 is 17.6. The average molecular weight is 278 g/mol. The highest BCUT2D eigenvalue weighted by Gasteiger charge is 2.52. The Bertz CT molecular complexity index is 487. The Morgan fingerprint density at radius 1 is 1.25 bits per heavy atom. The summed E-state index contributed by atoms with van der Waals surface area (Å²) in [6, 6.07) is 1.64. The number of nitrogens with zero attached hydrogens (tertiary/aromatic N) is 1. The van der Waals surface area contributed by atoms with Gasteiger partial charge in [0.1, 0.15) is 5.75 Å². The van der Waals surface area contributed by atoms with E-state index in [9.17, 15) is 0 Å². The van der Waals surface area contributed by atoms with E-state index in [1.807, 2.05) is 40.7 Å². The lowest BCUT2D eigenvalue weighted by Crippen LogP contribution is -2.41. The van der Waals surface area contributed by atoms with Gasteiger partial charge in [0.15, 0.2) is 0 Å². The van der Waals surface area contributed by atoms with Crippen LogP contribution in [0.15, 0.2) is 12.3 Å². The van der Waals surface area contributed by atoms with Gasteiger partial charge >= 0.3 is 7.12 Å². The zero-order chi connectivity index (χ0) is 15.1. The number of nitrogens with two attached hydrogens (primary N) is 1. The van der Waals surface area contributed by atoms with Gasteiger partial charge in [-0.25, -0.2) is 0 Å². The number of rotatable bonds is 3. The summed E-state index contributed by atoms with van der Waals surface area (Å²) in [5.74, 6) is 0.640. The molecule has 1 unspecified atom stereocenters. The smallest absolute Gasteiger partial charge is 0.495 e. The van der Waals surface area contributed by atoms with Crippen LogP contribution in [0.4, 0.5) is 0 Å². The second-order valence-corrected chi connectivity index (χ2v) is 6.20. The van der Waals surface area contributed by atoms with Crippen LogP contribution < -0.4 is 15.9 Å². The lowest BCUT2D eigenvalue weighted by molar-refractivity contribution is 0.00578. The summed E-state index contributed by atoms with van der Waals surface area (Å²) in [6.45, 7) is 9.96. The highest BCUT2D eigenvalue weighted by atomic mass is 16.7. The standard InChI is InChI=1S/C14H23BN2O3/c1-9(16)11-12(18-6)10(7-8-17-11)15-19-13(2,3)14(4,5)20-15/h7-9H,16H2,1-6H3. The van der Waals surface area contributed by atoms with Crippen molar-refractivity contribution in [3.8, 4) is 5.75 Å². The van der Waals surface area contributed by atoms with E-state index < -0.39 is 7.12 Å². The van der Waals surface area contributed by atoms with E-state index in [-0.39, 0.29) is 17.2 Å². The number of hydrogen-bond donors (Lipinski definition) is 1. The lowest BCUT2D eigenvalue weighted by atomic mass is 9.78. The van der Waals surface area contributed by atoms with E-state index in [4.69, 9.17) is 19.8 Å². The summed E-state index contributed by atoms with van der Waals surface area (Å²) in [6.07, 6.45) is 1.71. The van der Waals surface area contributed by atoms with Gasteiger partial charge in [0.2, 0.25) is 0 Å². The Labute approximate surface area is 121 Å². The second kappa shape index (κ2) is 5.02. The molecular weight excluding hydrogens is 255 g/mol. The maximum atomic E-state index is 6.06. The number of aromatic nitrogens is 1. The molecule has 0 radical (unpaired) electrons. The lowest BCUT2D eigenvalue weighted by Gasteiger charge is -2.32. The Morgan fingerprint density at radius 3 is 2.25 bits per heavy atom. The normalized spacial score (nSPS) is 21.9. The molecule has 0 amide bonds. The van der Waals surface area contributed by atoms with Gasteiger partial charge in [0.05, 0.1) is 24.0 Å². The summed E-state index contributed by atoms with van der Waals surface area (Å²) in [7, 11) is 1.13. The van der Waals surface area contributed by atoms with Crippen molar-refractivity contribution < 1.29 is 14.0 Å². The largest absolute Gasteiger partial charge is 0.498 e. The van der Waals surface area contributed by atoms with E-state index in [2.05, 4.69) is 4.98 Å². The van der Waals surface area contributed by atoms with Crippen molar-refractivity contribution in [3.05, 3.63) is 18.0 Å². The molecule has 0 aromatic carbocycles. The Morgan fingerprint density at radius 2 is 1.80 bits per heavy atom. The molecule has 2 N–H and O–H groups in total. The van der Waals surface area contributed by atoms with Crippen LogP contribution in [0.25, 0.3) is 0 Å². The molecule has 1 aromatic rings. The molecule has 1 saturated heterocycles. The van der Waals surface area contributed by atoms with E-state index in [0.717, 1.165) is 5.46 Å². The van der Waals surface area contributed by atoms with Gasteiger partial charge in [-0.3, -0.25) is 4.98 Å². The average Bonchev–Trinajstić information content (AvgIpc) is 2.57. The minimum Gasteiger partial charge on any atom is -0.495 e. The minimum absolute atomic E-state index is 0.215. The van der Waals surface area contributed by atoms with Crippen molar-refractivity contribution in [1.29, 1.82) is 0 Å². The molecule has 1 aromatic heterocycles. The molecule has 0 saturated carbocycles. The first-order valence-corrected chi connectivity index (χ1v) is 6.83. The van der Waals surface area contributed by atoms with E-state index in [1.54, 1.807) is 13.3 Å². The van der Waals surface area contributed by atoms with Crippen molar-refractivity contribution in [2.24, 2.45) is 5.73 Å². The van der Waals surface area contributed by atoms with Crippen LogP contribution in [-0.2, 0) is 9.31 Å². The number of hydrogen-bond acceptors (Lipinski definition) is 5. The molecule has 1 atom stereocenters. The molecule has 110 valence electrons. The van der Waals surface area contributed by atoms with Crippen LogP contribution in [0.1, 0.15) is 46.4 Å². The number of methoxy groups -OCH3 is 1. The molecular formula is C14H23BN2O3. The van der Waals surface area contributed by atoms with E-state index in [0.29, 0.717) is 11.4 Å². The fourth-order valence-corrected chi connectivity index (χ4v) is 2.18. The zero-order valence-corrected chi connectivity index (χ0v) is 13.1. The van der Waals surface area contributed by atoms with Gasteiger partial charge < -0.3 is 19.8 Å². The molecule has 1 aliphatic rings. The fraction of sp³-hybridized carbons (Fsp3) is 0.643. The first-order chi connectivity index (χ1) is 9.19. The quantitative estimate of drug-likeness (QED) is 0.847. The molecule has 20 heavy (non-hydrogen) atoms. The maximum Gasteiger partial charge on any atom is 0.498 e.